The highest BCUT2D eigenvalue weighted by atomic mass is 32.1. The third-order valence-electron chi connectivity index (χ3n) is 6.46. The zero-order valence-electron chi connectivity index (χ0n) is 21.8. The molecule has 0 saturated carbocycles. The van der Waals surface area contributed by atoms with Gasteiger partial charge in [-0.3, -0.25) is 19.1 Å². The Balaban J connectivity index is 1.54. The number of hydrogen-bond acceptors (Lipinski definition) is 8. The number of nitrogens with zero attached hydrogens (tertiary/aromatic N) is 4. The molecule has 0 saturated heterocycles. The number of thiophene rings is 1. The zero-order chi connectivity index (χ0) is 27.0. The topological polar surface area (TPSA) is 110 Å². The van der Waals surface area contributed by atoms with Crippen LogP contribution in [0.1, 0.15) is 52.6 Å². The number of aromatic nitrogens is 3. The molecule has 4 aromatic rings. The van der Waals surface area contributed by atoms with Gasteiger partial charge >= 0.3 is 5.97 Å². The van der Waals surface area contributed by atoms with Crippen molar-refractivity contribution < 1.29 is 14.3 Å². The number of nitrogens with one attached hydrogen (secondary N) is 2. The Kier molecular flexibility index (Phi) is 6.81. The molecule has 194 valence electrons. The Morgan fingerprint density at radius 2 is 1.76 bits per heavy atom. The average Bonchev–Trinajstić information content (AvgIpc) is 3.36. The van der Waals surface area contributed by atoms with Gasteiger partial charge in [-0.25, -0.2) is 0 Å². The molecule has 3 heterocycles. The lowest BCUT2D eigenvalue weighted by Gasteiger charge is -2.13. The van der Waals surface area contributed by atoms with Crippen LogP contribution in [0.4, 0.5) is 17.1 Å². The number of anilines is 3. The predicted octanol–water partition coefficient (Wildman–Crippen LogP) is 5.41. The number of carbonyl (C=O) groups is 2. The molecule has 0 spiro atoms. The molecule has 38 heavy (non-hydrogen) atoms. The second kappa shape index (κ2) is 10.2. The Bertz CT molecular complexity index is 1570. The van der Waals surface area contributed by atoms with Crippen molar-refractivity contribution in [2.45, 2.75) is 40.2 Å². The van der Waals surface area contributed by atoms with E-state index in [2.05, 4.69) is 34.7 Å². The van der Waals surface area contributed by atoms with Gasteiger partial charge in [0.15, 0.2) is 5.82 Å². The van der Waals surface area contributed by atoms with E-state index in [0.29, 0.717) is 5.82 Å². The number of esters is 1. The minimum atomic E-state index is -0.535. The summed E-state index contributed by atoms with van der Waals surface area (Å²) in [7, 11) is 1.38. The van der Waals surface area contributed by atoms with Crippen LogP contribution in [0.25, 0.3) is 5.00 Å². The predicted molar refractivity (Wildman–Crippen MR) is 149 cm³/mol. The molecular formula is C28H28N6O3S. The van der Waals surface area contributed by atoms with Crippen molar-refractivity contribution >= 4 is 46.0 Å². The third-order valence-corrected chi connectivity index (χ3v) is 7.65. The van der Waals surface area contributed by atoms with E-state index in [4.69, 9.17) is 9.73 Å². The molecule has 1 atom stereocenters. The van der Waals surface area contributed by atoms with Crippen LogP contribution in [-0.2, 0) is 14.3 Å². The van der Waals surface area contributed by atoms with Gasteiger partial charge in [0.1, 0.15) is 16.9 Å². The van der Waals surface area contributed by atoms with E-state index < -0.39 is 6.04 Å². The summed E-state index contributed by atoms with van der Waals surface area (Å²) in [5, 5.41) is 15.9. The molecule has 2 aromatic heterocycles. The molecule has 0 bridgehead atoms. The molecule has 10 heteroatoms. The van der Waals surface area contributed by atoms with Gasteiger partial charge in [0.25, 0.3) is 0 Å². The molecule has 2 aromatic carbocycles. The summed E-state index contributed by atoms with van der Waals surface area (Å²) in [5.74, 6) is 0.898. The van der Waals surface area contributed by atoms with Crippen LogP contribution in [0.5, 0.6) is 0 Å². The van der Waals surface area contributed by atoms with Gasteiger partial charge in [-0.15, -0.1) is 21.5 Å². The van der Waals surface area contributed by atoms with Crippen LogP contribution in [-0.4, -0.2) is 39.5 Å². The normalized spacial score (nSPS) is 14.1. The van der Waals surface area contributed by atoms with Crippen molar-refractivity contribution in [2.75, 3.05) is 17.7 Å². The maximum Gasteiger partial charge on any atom is 0.308 e. The lowest BCUT2D eigenvalue weighted by Crippen LogP contribution is -2.12. The van der Waals surface area contributed by atoms with Crippen LogP contribution in [0, 0.1) is 20.8 Å². The van der Waals surface area contributed by atoms with E-state index in [-0.39, 0.29) is 18.3 Å². The van der Waals surface area contributed by atoms with E-state index in [0.717, 1.165) is 50.3 Å². The van der Waals surface area contributed by atoms with Gasteiger partial charge in [-0.1, -0.05) is 18.2 Å². The van der Waals surface area contributed by atoms with E-state index >= 15 is 0 Å². The van der Waals surface area contributed by atoms with Crippen molar-refractivity contribution in [3.63, 3.8) is 0 Å². The number of carbonyl (C=O) groups excluding carboxylic acids is 2. The minimum Gasteiger partial charge on any atom is -0.469 e. The van der Waals surface area contributed by atoms with Gasteiger partial charge in [-0.2, -0.15) is 0 Å². The fourth-order valence-electron chi connectivity index (χ4n) is 4.52. The first-order valence-corrected chi connectivity index (χ1v) is 13.0. The van der Waals surface area contributed by atoms with Crippen molar-refractivity contribution in [1.29, 1.82) is 0 Å². The fraction of sp³-hybridized carbons (Fsp3) is 0.250. The average molecular weight is 529 g/mol. The second-order valence-electron chi connectivity index (χ2n) is 9.14. The van der Waals surface area contributed by atoms with Gasteiger partial charge in [0, 0.05) is 40.0 Å². The summed E-state index contributed by atoms with van der Waals surface area (Å²) in [6, 6.07) is 15.0. The minimum absolute atomic E-state index is 0.0649. The van der Waals surface area contributed by atoms with Crippen LogP contribution < -0.4 is 10.6 Å². The quantitative estimate of drug-likeness (QED) is 0.324. The third kappa shape index (κ3) is 4.82. The van der Waals surface area contributed by atoms with Gasteiger partial charge < -0.3 is 15.4 Å². The number of aryl methyl sites for hydroxylation is 2. The molecule has 0 unspecified atom stereocenters. The maximum atomic E-state index is 12.3. The van der Waals surface area contributed by atoms with Crippen LogP contribution >= 0.6 is 11.3 Å². The zero-order valence-corrected chi connectivity index (χ0v) is 22.6. The first-order valence-electron chi connectivity index (χ1n) is 12.2. The standard InChI is InChI=1S/C28H28N6O3S/c1-15-16(2)38-28-25(15)26(31-23(14-24(36)37-5)27-33-32-17(3)34(27)28)19-9-11-20(12-10-19)30-22-8-6-7-21(13-22)29-18(4)35/h6-13,23,30H,14H2,1-5H3,(H,29,35)/t23-/m0/s1. The lowest BCUT2D eigenvalue weighted by atomic mass is 9.99. The maximum absolute atomic E-state index is 12.3. The molecule has 0 fully saturated rings. The number of hydrogen-bond donors (Lipinski definition) is 2. The van der Waals surface area contributed by atoms with Gasteiger partial charge in [-0.05, 0) is 56.7 Å². The summed E-state index contributed by atoms with van der Waals surface area (Å²) in [6.45, 7) is 7.59. The van der Waals surface area contributed by atoms with Gasteiger partial charge in [0.2, 0.25) is 5.91 Å². The molecule has 5 rings (SSSR count). The monoisotopic (exact) mass is 528 g/mol. The number of ether oxygens (including phenoxy) is 1. The highest BCUT2D eigenvalue weighted by Crippen LogP contribution is 2.39. The Hall–Kier alpha value is -4.31. The van der Waals surface area contributed by atoms with E-state index in [1.165, 1.54) is 18.9 Å². The van der Waals surface area contributed by atoms with Crippen molar-refractivity contribution in [1.82, 2.24) is 14.8 Å². The summed E-state index contributed by atoms with van der Waals surface area (Å²) in [6.07, 6.45) is 0.0649. The van der Waals surface area contributed by atoms with Crippen LogP contribution in [0.3, 0.4) is 0 Å². The highest BCUT2D eigenvalue weighted by molar-refractivity contribution is 7.15. The van der Waals surface area contributed by atoms with E-state index in [1.807, 2.05) is 60.0 Å². The smallest absolute Gasteiger partial charge is 0.308 e. The number of amides is 1. The number of methoxy groups -OCH3 is 1. The van der Waals surface area contributed by atoms with Crippen LogP contribution in [0.2, 0.25) is 0 Å². The number of benzene rings is 2. The highest BCUT2D eigenvalue weighted by Gasteiger charge is 2.32. The molecule has 1 aliphatic heterocycles. The molecule has 1 amide bonds. The number of rotatable bonds is 6. The van der Waals surface area contributed by atoms with E-state index in [9.17, 15) is 9.59 Å². The molecule has 1 aliphatic rings. The summed E-state index contributed by atoms with van der Waals surface area (Å²) < 4.78 is 6.98. The van der Waals surface area contributed by atoms with Crippen LogP contribution in [0.15, 0.2) is 53.5 Å². The Morgan fingerprint density at radius 3 is 2.47 bits per heavy atom. The number of fused-ring (bicyclic) bond motifs is 3. The number of aliphatic imine (C=N–C) groups is 1. The fourth-order valence-corrected chi connectivity index (χ4v) is 5.74. The second-order valence-corrected chi connectivity index (χ2v) is 10.3. The summed E-state index contributed by atoms with van der Waals surface area (Å²) in [4.78, 5) is 30.0. The first-order chi connectivity index (χ1) is 18.2. The summed E-state index contributed by atoms with van der Waals surface area (Å²) in [5.41, 5.74) is 6.36. The molecule has 0 radical (unpaired) electrons. The Labute approximate surface area is 224 Å². The SMILES string of the molecule is COC(=O)C[C@@H]1N=C(c2ccc(Nc3cccc(NC(C)=O)c3)cc2)c2c(sc(C)c2C)-n2c(C)nnc21. The lowest BCUT2D eigenvalue weighted by molar-refractivity contribution is -0.141. The van der Waals surface area contributed by atoms with Gasteiger partial charge in [0.05, 0.1) is 19.2 Å². The van der Waals surface area contributed by atoms with Crippen molar-refractivity contribution in [2.24, 2.45) is 4.99 Å². The summed E-state index contributed by atoms with van der Waals surface area (Å²) >= 11 is 1.67. The molecule has 2 N–H and O–H groups in total. The van der Waals surface area contributed by atoms with E-state index in [1.54, 1.807) is 11.3 Å². The largest absolute Gasteiger partial charge is 0.469 e. The van der Waals surface area contributed by atoms with Crippen molar-refractivity contribution in [3.8, 4) is 5.00 Å². The molecular weight excluding hydrogens is 500 g/mol. The van der Waals surface area contributed by atoms with Crippen molar-refractivity contribution in [3.05, 3.63) is 81.7 Å². The Morgan fingerprint density at radius 1 is 1.03 bits per heavy atom. The first kappa shape index (κ1) is 25.3. The molecule has 9 nitrogen and oxygen atoms in total. The molecule has 0 aliphatic carbocycles.